The first kappa shape index (κ1) is 32.6. The standard InChI is InChI=1S/C34H39ClFN3O5SSi/c1-46(2,3)21-20-45(41,42)38-17-14-28(15-18-38)43-26-9-4-23(5-10-26)33-32-29(30-22-24(35)6-13-31(30)37-32)16-19-39(33)34(40)44-27-11-7-25(36)8-12-27/h4-13,22,28,33,37H,14-21H2,1-3H3. The van der Waals surface area contributed by atoms with Gasteiger partial charge < -0.3 is 14.5 Å². The molecule has 4 aromatic rings. The average molecular weight is 684 g/mol. The molecule has 2 aliphatic heterocycles. The molecule has 46 heavy (non-hydrogen) atoms. The quantitative estimate of drug-likeness (QED) is 0.193. The van der Waals surface area contributed by atoms with Crippen molar-refractivity contribution in [3.05, 3.63) is 94.4 Å². The van der Waals surface area contributed by atoms with Gasteiger partial charge in [0.1, 0.15) is 29.5 Å². The van der Waals surface area contributed by atoms with Crippen LogP contribution in [-0.2, 0) is 16.4 Å². The third kappa shape index (κ3) is 7.27. The van der Waals surface area contributed by atoms with Crippen LogP contribution in [-0.4, -0.2) is 68.3 Å². The fraction of sp³-hybridized carbons (Fsp3) is 0.382. The minimum absolute atomic E-state index is 0.0868. The van der Waals surface area contributed by atoms with Crippen molar-refractivity contribution in [2.24, 2.45) is 0 Å². The van der Waals surface area contributed by atoms with Crippen LogP contribution in [0.1, 0.15) is 35.7 Å². The summed E-state index contributed by atoms with van der Waals surface area (Å²) in [6.45, 7) is 7.89. The van der Waals surface area contributed by atoms with Gasteiger partial charge in [0.15, 0.2) is 0 Å². The van der Waals surface area contributed by atoms with E-state index in [0.717, 1.165) is 33.8 Å². The zero-order valence-electron chi connectivity index (χ0n) is 26.3. The van der Waals surface area contributed by atoms with E-state index < -0.39 is 36.0 Å². The highest BCUT2D eigenvalue weighted by atomic mass is 35.5. The maximum atomic E-state index is 13.5. The number of aromatic amines is 1. The summed E-state index contributed by atoms with van der Waals surface area (Å²) in [5.74, 6) is 0.755. The molecule has 244 valence electrons. The van der Waals surface area contributed by atoms with Crippen LogP contribution in [0.15, 0.2) is 66.7 Å². The van der Waals surface area contributed by atoms with Crippen molar-refractivity contribution in [2.45, 2.75) is 57.1 Å². The summed E-state index contributed by atoms with van der Waals surface area (Å²) in [6, 6.07) is 19.1. The Labute approximate surface area is 275 Å². The Bertz CT molecular complexity index is 1820. The SMILES string of the molecule is C[Si](C)(C)CCS(=O)(=O)N1CCC(Oc2ccc(C3c4[nH]c5ccc(Cl)cc5c4CCN3C(=O)Oc3ccc(F)cc3)cc2)CC1. The van der Waals surface area contributed by atoms with Crippen LogP contribution in [0.2, 0.25) is 30.7 Å². The average Bonchev–Trinajstić information content (AvgIpc) is 3.39. The monoisotopic (exact) mass is 683 g/mol. The number of halogens is 2. The van der Waals surface area contributed by atoms with E-state index in [9.17, 15) is 17.6 Å². The number of aromatic nitrogens is 1. The second kappa shape index (κ2) is 13.0. The molecule has 6 rings (SSSR count). The van der Waals surface area contributed by atoms with E-state index in [1.165, 1.54) is 24.3 Å². The molecule has 1 amide bonds. The number of benzene rings is 3. The van der Waals surface area contributed by atoms with Gasteiger partial charge in [-0.3, -0.25) is 4.90 Å². The number of amides is 1. The number of carbonyl (C=O) groups is 1. The lowest BCUT2D eigenvalue weighted by Crippen LogP contribution is -2.43. The Morgan fingerprint density at radius 3 is 2.33 bits per heavy atom. The van der Waals surface area contributed by atoms with Crippen LogP contribution < -0.4 is 9.47 Å². The van der Waals surface area contributed by atoms with Crippen LogP contribution in [0.5, 0.6) is 11.5 Å². The Morgan fingerprint density at radius 2 is 1.65 bits per heavy atom. The number of sulfonamides is 1. The topological polar surface area (TPSA) is 91.9 Å². The molecule has 1 atom stereocenters. The minimum Gasteiger partial charge on any atom is -0.490 e. The Hall–Kier alpha value is -3.38. The normalized spacial score (nSPS) is 18.0. The minimum atomic E-state index is -3.26. The molecule has 3 heterocycles. The summed E-state index contributed by atoms with van der Waals surface area (Å²) in [6.07, 6.45) is 1.24. The van der Waals surface area contributed by atoms with Gasteiger partial charge in [0.05, 0.1) is 5.75 Å². The van der Waals surface area contributed by atoms with Gasteiger partial charge in [-0.05, 0) is 91.0 Å². The molecule has 1 aromatic heterocycles. The lowest BCUT2D eigenvalue weighted by molar-refractivity contribution is 0.134. The zero-order chi connectivity index (χ0) is 32.6. The van der Waals surface area contributed by atoms with E-state index in [1.807, 2.05) is 42.5 Å². The first-order chi connectivity index (χ1) is 21.9. The van der Waals surface area contributed by atoms with E-state index >= 15 is 0 Å². The van der Waals surface area contributed by atoms with E-state index in [2.05, 4.69) is 24.6 Å². The van der Waals surface area contributed by atoms with Crippen molar-refractivity contribution in [3.63, 3.8) is 0 Å². The number of ether oxygens (including phenoxy) is 2. The summed E-state index contributed by atoms with van der Waals surface area (Å²) < 4.78 is 52.8. The largest absolute Gasteiger partial charge is 0.490 e. The van der Waals surface area contributed by atoms with Crippen molar-refractivity contribution >= 4 is 46.7 Å². The molecular weight excluding hydrogens is 645 g/mol. The van der Waals surface area contributed by atoms with Gasteiger partial charge in [0.25, 0.3) is 0 Å². The molecule has 2 aliphatic rings. The smallest absolute Gasteiger partial charge is 0.416 e. The van der Waals surface area contributed by atoms with Gasteiger partial charge in [-0.2, -0.15) is 0 Å². The molecule has 0 aliphatic carbocycles. The molecule has 0 spiro atoms. The lowest BCUT2D eigenvalue weighted by Gasteiger charge is -2.35. The predicted molar refractivity (Wildman–Crippen MR) is 182 cm³/mol. The van der Waals surface area contributed by atoms with E-state index in [1.54, 1.807) is 9.21 Å². The van der Waals surface area contributed by atoms with Crippen LogP contribution in [0.25, 0.3) is 10.9 Å². The van der Waals surface area contributed by atoms with Crippen molar-refractivity contribution in [1.29, 1.82) is 0 Å². The van der Waals surface area contributed by atoms with Crippen molar-refractivity contribution in [2.75, 3.05) is 25.4 Å². The van der Waals surface area contributed by atoms with E-state index in [-0.39, 0.29) is 17.6 Å². The van der Waals surface area contributed by atoms with Crippen LogP contribution >= 0.6 is 11.6 Å². The molecule has 0 radical (unpaired) electrons. The van der Waals surface area contributed by atoms with Gasteiger partial charge in [-0.25, -0.2) is 21.9 Å². The third-order valence-electron chi connectivity index (χ3n) is 8.75. The summed E-state index contributed by atoms with van der Waals surface area (Å²) in [5.41, 5.74) is 3.78. The van der Waals surface area contributed by atoms with Gasteiger partial charge in [0.2, 0.25) is 10.0 Å². The predicted octanol–water partition coefficient (Wildman–Crippen LogP) is 7.62. The fourth-order valence-corrected chi connectivity index (χ4v) is 10.9. The Kier molecular flexibility index (Phi) is 9.21. The number of nitrogens with zero attached hydrogens (tertiary/aromatic N) is 2. The van der Waals surface area contributed by atoms with Gasteiger partial charge >= 0.3 is 6.09 Å². The number of piperidine rings is 1. The molecule has 1 saturated heterocycles. The highest BCUT2D eigenvalue weighted by Crippen LogP contribution is 2.40. The van der Waals surface area contributed by atoms with Crippen molar-refractivity contribution in [3.8, 4) is 11.5 Å². The third-order valence-corrected chi connectivity index (χ3v) is 13.0. The zero-order valence-corrected chi connectivity index (χ0v) is 28.8. The second-order valence-electron chi connectivity index (χ2n) is 13.3. The first-order valence-corrected chi connectivity index (χ1v) is 21.3. The first-order valence-electron chi connectivity index (χ1n) is 15.6. The molecule has 8 nitrogen and oxygen atoms in total. The highest BCUT2D eigenvalue weighted by Gasteiger charge is 2.36. The number of H-pyrrole nitrogens is 1. The Morgan fingerprint density at radius 1 is 0.978 bits per heavy atom. The van der Waals surface area contributed by atoms with Crippen molar-refractivity contribution in [1.82, 2.24) is 14.2 Å². The molecule has 0 saturated carbocycles. The lowest BCUT2D eigenvalue weighted by atomic mass is 9.92. The van der Waals surface area contributed by atoms with E-state index in [0.29, 0.717) is 49.7 Å². The fourth-order valence-electron chi connectivity index (χ4n) is 6.18. The van der Waals surface area contributed by atoms with Gasteiger partial charge in [0, 0.05) is 49.3 Å². The summed E-state index contributed by atoms with van der Waals surface area (Å²) in [5, 5.41) is 1.66. The summed E-state index contributed by atoms with van der Waals surface area (Å²) >= 11 is 6.34. The van der Waals surface area contributed by atoms with Crippen LogP contribution in [0, 0.1) is 5.82 Å². The summed E-state index contributed by atoms with van der Waals surface area (Å²) in [4.78, 5) is 18.7. The van der Waals surface area contributed by atoms with E-state index in [4.69, 9.17) is 21.1 Å². The Balaban J connectivity index is 1.19. The molecule has 1 fully saturated rings. The number of hydrogen-bond acceptors (Lipinski definition) is 5. The van der Waals surface area contributed by atoms with Gasteiger partial charge in [-0.1, -0.05) is 43.4 Å². The number of hydrogen-bond donors (Lipinski definition) is 1. The van der Waals surface area contributed by atoms with Crippen molar-refractivity contribution < 1.29 is 27.1 Å². The molecular formula is C34H39ClFN3O5SSi. The summed E-state index contributed by atoms with van der Waals surface area (Å²) in [7, 11) is -4.71. The number of fused-ring (bicyclic) bond motifs is 3. The molecule has 3 aromatic carbocycles. The molecule has 0 bridgehead atoms. The van der Waals surface area contributed by atoms with Crippen LogP contribution in [0.3, 0.4) is 0 Å². The maximum Gasteiger partial charge on any atom is 0.416 e. The number of nitrogens with one attached hydrogen (secondary N) is 1. The second-order valence-corrected chi connectivity index (χ2v) is 21.4. The van der Waals surface area contributed by atoms with Gasteiger partial charge in [-0.15, -0.1) is 0 Å². The number of rotatable bonds is 8. The number of carbonyl (C=O) groups excluding carboxylic acids is 1. The highest BCUT2D eigenvalue weighted by molar-refractivity contribution is 7.89. The molecule has 12 heteroatoms. The molecule has 1 N–H and O–H groups in total. The maximum absolute atomic E-state index is 13.5. The molecule has 1 unspecified atom stereocenters. The van der Waals surface area contributed by atoms with Crippen LogP contribution in [0.4, 0.5) is 9.18 Å².